The van der Waals surface area contributed by atoms with Gasteiger partial charge in [0.15, 0.2) is 0 Å². The molecule has 0 bridgehead atoms. The highest BCUT2D eigenvalue weighted by molar-refractivity contribution is 6.30. The van der Waals surface area contributed by atoms with Crippen LogP contribution in [0.3, 0.4) is 0 Å². The lowest BCUT2D eigenvalue weighted by Gasteiger charge is -2.26. The van der Waals surface area contributed by atoms with Gasteiger partial charge in [0.25, 0.3) is 0 Å². The third-order valence-electron chi connectivity index (χ3n) is 2.56. The van der Waals surface area contributed by atoms with Crippen LogP contribution in [-0.2, 0) is 0 Å². The van der Waals surface area contributed by atoms with Gasteiger partial charge >= 0.3 is 6.03 Å². The second kappa shape index (κ2) is 4.70. The lowest BCUT2D eigenvalue weighted by molar-refractivity contribution is 0.240. The van der Waals surface area contributed by atoms with Crippen molar-refractivity contribution in [1.29, 1.82) is 0 Å². The molecule has 0 unspecified atom stereocenters. The van der Waals surface area contributed by atoms with Crippen LogP contribution in [0.1, 0.15) is 19.3 Å². The summed E-state index contributed by atoms with van der Waals surface area (Å²) < 4.78 is 13.0. The number of halogens is 2. The van der Waals surface area contributed by atoms with Crippen molar-refractivity contribution < 1.29 is 9.18 Å². The fourth-order valence-corrected chi connectivity index (χ4v) is 1.75. The number of amides is 2. The molecule has 1 fully saturated rings. The molecule has 1 saturated carbocycles. The summed E-state index contributed by atoms with van der Waals surface area (Å²) in [5.74, 6) is -0.466. The van der Waals surface area contributed by atoms with Crippen LogP contribution in [0, 0.1) is 5.82 Å². The third-order valence-corrected chi connectivity index (χ3v) is 2.78. The molecule has 1 aromatic carbocycles. The van der Waals surface area contributed by atoms with Crippen LogP contribution in [0.25, 0.3) is 0 Å². The summed E-state index contributed by atoms with van der Waals surface area (Å²) in [7, 11) is 0. The van der Waals surface area contributed by atoms with Crippen LogP contribution in [0.5, 0.6) is 0 Å². The second-order valence-corrected chi connectivity index (χ2v) is 4.32. The fourth-order valence-electron chi connectivity index (χ4n) is 1.53. The minimum absolute atomic E-state index is 0.254. The maximum absolute atomic E-state index is 13.0. The molecule has 16 heavy (non-hydrogen) atoms. The number of carbonyl (C=O) groups excluding carboxylic acids is 1. The van der Waals surface area contributed by atoms with Gasteiger partial charge in [0.05, 0.1) is 0 Å². The Kier molecular flexibility index (Phi) is 3.29. The lowest BCUT2D eigenvalue weighted by Crippen LogP contribution is -2.41. The van der Waals surface area contributed by atoms with Crippen molar-refractivity contribution in [3.8, 4) is 0 Å². The predicted molar refractivity (Wildman–Crippen MR) is 61.2 cm³/mol. The first-order valence-electron chi connectivity index (χ1n) is 5.17. The Morgan fingerprint density at radius 2 is 2.12 bits per heavy atom. The van der Waals surface area contributed by atoms with Crippen LogP contribution in [0.2, 0.25) is 5.02 Å². The number of urea groups is 1. The highest BCUT2D eigenvalue weighted by Gasteiger charge is 2.19. The molecular weight excluding hydrogens is 231 g/mol. The second-order valence-electron chi connectivity index (χ2n) is 3.88. The molecule has 1 aliphatic carbocycles. The summed E-state index contributed by atoms with van der Waals surface area (Å²) >= 11 is 5.67. The standard InChI is InChI=1S/C11H12ClFN2O/c12-7-4-8(13)6-10(5-7)15-11(16)14-9-2-1-3-9/h4-6,9H,1-3H2,(H2,14,15,16). The van der Waals surface area contributed by atoms with Crippen molar-refractivity contribution in [2.75, 3.05) is 5.32 Å². The van der Waals surface area contributed by atoms with Crippen molar-refractivity contribution in [1.82, 2.24) is 5.32 Å². The first-order chi connectivity index (χ1) is 7.63. The maximum Gasteiger partial charge on any atom is 0.319 e. The molecule has 0 atom stereocenters. The summed E-state index contributed by atoms with van der Waals surface area (Å²) in [6, 6.07) is 3.86. The van der Waals surface area contributed by atoms with Crippen LogP contribution < -0.4 is 10.6 Å². The van der Waals surface area contributed by atoms with E-state index in [1.54, 1.807) is 0 Å². The van der Waals surface area contributed by atoms with E-state index in [0.29, 0.717) is 5.69 Å². The largest absolute Gasteiger partial charge is 0.335 e. The predicted octanol–water partition coefficient (Wildman–Crippen LogP) is 3.15. The van der Waals surface area contributed by atoms with Crippen molar-refractivity contribution in [2.45, 2.75) is 25.3 Å². The smallest absolute Gasteiger partial charge is 0.319 e. The number of hydrogen-bond acceptors (Lipinski definition) is 1. The molecule has 86 valence electrons. The van der Waals surface area contributed by atoms with Gasteiger partial charge < -0.3 is 10.6 Å². The normalized spacial score (nSPS) is 15.4. The van der Waals surface area contributed by atoms with E-state index < -0.39 is 5.82 Å². The molecule has 2 rings (SSSR count). The molecule has 2 N–H and O–H groups in total. The van der Waals surface area contributed by atoms with Crippen molar-refractivity contribution >= 4 is 23.3 Å². The zero-order valence-corrected chi connectivity index (χ0v) is 9.35. The van der Waals surface area contributed by atoms with Gasteiger partial charge in [0.2, 0.25) is 0 Å². The van der Waals surface area contributed by atoms with Gasteiger partial charge in [-0.15, -0.1) is 0 Å². The molecule has 1 aromatic rings. The Morgan fingerprint density at radius 1 is 1.38 bits per heavy atom. The minimum Gasteiger partial charge on any atom is -0.335 e. The highest BCUT2D eigenvalue weighted by atomic mass is 35.5. The Bertz CT molecular complexity index is 387. The Balaban J connectivity index is 1.94. The lowest BCUT2D eigenvalue weighted by atomic mass is 9.93. The molecule has 2 amide bonds. The maximum atomic E-state index is 13.0. The Labute approximate surface area is 98.0 Å². The van der Waals surface area contributed by atoms with Crippen LogP contribution in [0.15, 0.2) is 18.2 Å². The first-order valence-corrected chi connectivity index (χ1v) is 5.55. The van der Waals surface area contributed by atoms with Crippen LogP contribution in [0.4, 0.5) is 14.9 Å². The number of rotatable bonds is 2. The Morgan fingerprint density at radius 3 is 2.69 bits per heavy atom. The number of anilines is 1. The summed E-state index contributed by atoms with van der Waals surface area (Å²) in [5.41, 5.74) is 0.363. The quantitative estimate of drug-likeness (QED) is 0.822. The monoisotopic (exact) mass is 242 g/mol. The van der Waals surface area contributed by atoms with E-state index in [9.17, 15) is 9.18 Å². The molecule has 3 nitrogen and oxygen atoms in total. The van der Waals surface area contributed by atoms with E-state index in [4.69, 9.17) is 11.6 Å². The molecular formula is C11H12ClFN2O. The molecule has 0 heterocycles. The van der Waals surface area contributed by atoms with Gasteiger partial charge in [-0.05, 0) is 37.5 Å². The fraction of sp³-hybridized carbons (Fsp3) is 0.364. The average molecular weight is 243 g/mol. The van der Waals surface area contributed by atoms with Gasteiger partial charge in [-0.3, -0.25) is 0 Å². The molecule has 0 spiro atoms. The number of benzene rings is 1. The van der Waals surface area contributed by atoms with E-state index in [-0.39, 0.29) is 17.1 Å². The molecule has 0 aliphatic heterocycles. The van der Waals surface area contributed by atoms with E-state index in [2.05, 4.69) is 10.6 Å². The summed E-state index contributed by atoms with van der Waals surface area (Å²) in [4.78, 5) is 11.5. The van der Waals surface area contributed by atoms with Crippen molar-refractivity contribution in [3.05, 3.63) is 29.0 Å². The topological polar surface area (TPSA) is 41.1 Å². The SMILES string of the molecule is O=C(Nc1cc(F)cc(Cl)c1)NC1CCC1. The number of carbonyl (C=O) groups is 1. The third kappa shape index (κ3) is 2.85. The van der Waals surface area contributed by atoms with Crippen molar-refractivity contribution in [2.24, 2.45) is 0 Å². The van der Waals surface area contributed by atoms with E-state index in [1.165, 1.54) is 18.2 Å². The van der Waals surface area contributed by atoms with E-state index in [0.717, 1.165) is 19.3 Å². The van der Waals surface area contributed by atoms with Crippen LogP contribution in [-0.4, -0.2) is 12.1 Å². The van der Waals surface area contributed by atoms with Gasteiger partial charge in [0.1, 0.15) is 5.82 Å². The van der Waals surface area contributed by atoms with E-state index >= 15 is 0 Å². The molecule has 0 aromatic heterocycles. The molecule has 0 radical (unpaired) electrons. The van der Waals surface area contributed by atoms with Crippen molar-refractivity contribution in [3.63, 3.8) is 0 Å². The number of nitrogens with one attached hydrogen (secondary N) is 2. The molecule has 1 aliphatic rings. The summed E-state index contributed by atoms with van der Waals surface area (Å²) in [6.07, 6.45) is 3.17. The van der Waals surface area contributed by atoms with Gasteiger partial charge in [-0.1, -0.05) is 11.6 Å². The first kappa shape index (κ1) is 11.2. The zero-order chi connectivity index (χ0) is 11.5. The number of hydrogen-bond donors (Lipinski definition) is 2. The summed E-state index contributed by atoms with van der Waals surface area (Å²) in [5, 5.41) is 5.60. The highest BCUT2D eigenvalue weighted by Crippen LogP contribution is 2.20. The Hall–Kier alpha value is -1.29. The summed E-state index contributed by atoms with van der Waals surface area (Å²) in [6.45, 7) is 0. The van der Waals surface area contributed by atoms with Gasteiger partial charge in [-0.2, -0.15) is 0 Å². The van der Waals surface area contributed by atoms with E-state index in [1.807, 2.05) is 0 Å². The van der Waals surface area contributed by atoms with Gasteiger partial charge in [-0.25, -0.2) is 9.18 Å². The minimum atomic E-state index is -0.466. The van der Waals surface area contributed by atoms with Gasteiger partial charge in [0, 0.05) is 16.8 Å². The average Bonchev–Trinajstić information content (AvgIpc) is 2.09. The molecule has 0 saturated heterocycles. The zero-order valence-electron chi connectivity index (χ0n) is 8.59. The molecule has 5 heteroatoms. The van der Waals surface area contributed by atoms with Crippen LogP contribution >= 0.6 is 11.6 Å².